The fourth-order valence-electron chi connectivity index (χ4n) is 14.5. The summed E-state index contributed by atoms with van der Waals surface area (Å²) in [6.45, 7) is 13.9. The van der Waals surface area contributed by atoms with Gasteiger partial charge in [0.2, 0.25) is 35.6 Å². The molecule has 6 aliphatic heterocycles. The Morgan fingerprint density at radius 1 is 0.364 bits per heavy atom. The SMILES string of the molecule is COc1ccc(CNc2nc(CCc3ccc(OCCN4CCOCC4)cc3)nc(CN3CC(=O)CC3=O)n2)cc1.COc1ccc(CNc2nc(CCc3cccc(N4CCCCC4)c3)nc(CN3CC(=O)CC3=O)n2)cc1.COc1ccc(CNc2nc(CCc3cccc(N4CCN(C)CC4)c3)nc(CN3CC(=O)CC3=O)n2)cc1. The van der Waals surface area contributed by atoms with Crippen molar-refractivity contribution in [3.05, 3.63) is 214 Å². The molecule has 6 fully saturated rings. The molecule has 0 radical (unpaired) electrons. The number of nitrogens with one attached hydrogen (secondary N) is 3. The first kappa shape index (κ1) is 83.8. The second kappa shape index (κ2) is 42.1. The van der Waals surface area contributed by atoms with Crippen molar-refractivity contribution in [2.24, 2.45) is 0 Å². The average molecular weight is 1600 g/mol. The molecule has 6 aromatic carbocycles. The summed E-state index contributed by atoms with van der Waals surface area (Å²) in [5, 5.41) is 9.86. The predicted molar refractivity (Wildman–Crippen MR) is 446 cm³/mol. The molecular formula is C88H105N19O11. The number of piperidine rings is 1. The number of ether oxygens (including phenoxy) is 5. The van der Waals surface area contributed by atoms with Gasteiger partial charge in [0.15, 0.2) is 34.8 Å². The van der Waals surface area contributed by atoms with Gasteiger partial charge < -0.3 is 69.0 Å². The van der Waals surface area contributed by atoms with E-state index in [2.05, 4.69) is 148 Å². The summed E-state index contributed by atoms with van der Waals surface area (Å²) in [7, 11) is 7.08. The number of amides is 3. The zero-order valence-corrected chi connectivity index (χ0v) is 67.8. The number of hydrogen-bond donors (Lipinski definition) is 3. The van der Waals surface area contributed by atoms with Gasteiger partial charge in [-0.2, -0.15) is 29.9 Å². The van der Waals surface area contributed by atoms with Gasteiger partial charge >= 0.3 is 0 Å². The van der Waals surface area contributed by atoms with Crippen molar-refractivity contribution < 1.29 is 52.5 Å². The third kappa shape index (κ3) is 25.4. The van der Waals surface area contributed by atoms with Gasteiger partial charge in [-0.15, -0.1) is 0 Å². The fraction of sp³-hybridized carbons (Fsp3) is 0.420. The lowest BCUT2D eigenvalue weighted by molar-refractivity contribution is -0.129. The smallest absolute Gasteiger partial charge is 0.230 e. The second-order valence-electron chi connectivity index (χ2n) is 30.1. The Bertz CT molecular complexity index is 4850. The molecule has 3 aromatic heterocycles. The number of morpholine rings is 1. The van der Waals surface area contributed by atoms with Crippen LogP contribution in [0, 0.1) is 0 Å². The first-order chi connectivity index (χ1) is 57.5. The number of likely N-dealkylation sites (tertiary alicyclic amines) is 3. The Balaban J connectivity index is 0.000000154. The normalized spacial score (nSPS) is 15.9. The average Bonchev–Trinajstić information content (AvgIpc) is 1.39. The summed E-state index contributed by atoms with van der Waals surface area (Å²) in [6.07, 6.45) is 7.82. The van der Waals surface area contributed by atoms with Gasteiger partial charge in [-0.1, -0.05) is 72.8 Å². The molecule has 9 aromatic rings. The Morgan fingerprint density at radius 3 is 1.09 bits per heavy atom. The maximum absolute atomic E-state index is 12.2. The van der Waals surface area contributed by atoms with E-state index in [9.17, 15) is 28.8 Å². The van der Waals surface area contributed by atoms with E-state index in [0.29, 0.717) is 98.3 Å². The second-order valence-corrected chi connectivity index (χ2v) is 30.1. The highest BCUT2D eigenvalue weighted by Crippen LogP contribution is 2.26. The highest BCUT2D eigenvalue weighted by Gasteiger charge is 2.31. The van der Waals surface area contributed by atoms with Crippen LogP contribution in [0.25, 0.3) is 0 Å². The number of benzene rings is 6. The van der Waals surface area contributed by atoms with E-state index in [1.807, 2.05) is 84.9 Å². The van der Waals surface area contributed by atoms with Gasteiger partial charge in [0.25, 0.3) is 0 Å². The van der Waals surface area contributed by atoms with Crippen LogP contribution < -0.4 is 44.7 Å². The topological polar surface area (TPSA) is 323 Å². The maximum Gasteiger partial charge on any atom is 0.230 e. The summed E-state index contributed by atoms with van der Waals surface area (Å²) in [6, 6.07) is 48.8. The monoisotopic (exact) mass is 1600 g/mol. The van der Waals surface area contributed by atoms with Crippen LogP contribution in [0.2, 0.25) is 0 Å². The molecule has 9 heterocycles. The third-order valence-electron chi connectivity index (χ3n) is 21.2. The third-order valence-corrected chi connectivity index (χ3v) is 21.2. The van der Waals surface area contributed by atoms with Crippen molar-refractivity contribution in [3.63, 3.8) is 0 Å². The molecule has 6 saturated heterocycles. The molecule has 618 valence electrons. The standard InChI is InChI=1S/C30H36N6O5.C29H35N7O3.C29H34N6O3/c1-39-25-7-4-23(5-8-25)19-31-30-33-27(32-28(34-30)21-36-20-24(37)18-29(36)38)11-6-22-2-9-26(10-3-22)41-17-14-35-12-15-40-16-13-35;1-34-12-14-35(15-13-34)23-5-3-4-21(16-23)8-11-26-31-27(20-36-19-24(37)17-28(36)38)33-29(32-26)30-18-22-6-9-25(39-2)10-7-22;1-38-25-11-8-22(9-12-25)18-30-29-32-26(31-27(33-29)20-35-19-24(36)17-28(35)37)13-10-21-6-5-7-23(16-21)34-14-3-2-4-15-34/h2-5,7-10H,6,11-21H2,1H3,(H,31,32,33,34);3-7,9-10,16H,8,11-15,17-20H2,1-2H3,(H,30,31,32,33);5-9,11-12,16H,2-4,10,13-15,17-20H2,1H3,(H,30,31,32,33). The Labute approximate surface area is 688 Å². The van der Waals surface area contributed by atoms with Crippen molar-refractivity contribution in [2.45, 2.75) is 116 Å². The van der Waals surface area contributed by atoms with E-state index in [1.54, 1.807) is 21.3 Å². The molecule has 118 heavy (non-hydrogen) atoms. The number of carbonyl (C=O) groups is 6. The molecule has 0 unspecified atom stereocenters. The lowest BCUT2D eigenvalue weighted by atomic mass is 10.1. The molecule has 6 aliphatic rings. The van der Waals surface area contributed by atoms with Crippen LogP contribution in [0.5, 0.6) is 23.0 Å². The van der Waals surface area contributed by atoms with Crippen molar-refractivity contribution in [1.29, 1.82) is 0 Å². The number of piperazine rings is 1. The number of likely N-dealkylation sites (N-methyl/N-ethyl adjacent to an activating group) is 1. The Hall–Kier alpha value is -12.2. The van der Waals surface area contributed by atoms with Gasteiger partial charge in [0.1, 0.15) is 47.1 Å². The van der Waals surface area contributed by atoms with Crippen molar-refractivity contribution in [3.8, 4) is 23.0 Å². The molecule has 0 saturated carbocycles. The van der Waals surface area contributed by atoms with Gasteiger partial charge in [-0.25, -0.2) is 15.0 Å². The van der Waals surface area contributed by atoms with Crippen LogP contribution in [-0.4, -0.2) is 231 Å². The van der Waals surface area contributed by atoms with Crippen LogP contribution in [0.4, 0.5) is 29.2 Å². The van der Waals surface area contributed by atoms with E-state index in [4.69, 9.17) is 23.7 Å². The van der Waals surface area contributed by atoms with Gasteiger partial charge in [0.05, 0.1) is 93.1 Å². The zero-order chi connectivity index (χ0) is 82.0. The number of ketones is 3. The van der Waals surface area contributed by atoms with Gasteiger partial charge in [-0.3, -0.25) is 33.7 Å². The summed E-state index contributed by atoms with van der Waals surface area (Å²) < 4.78 is 27.0. The van der Waals surface area contributed by atoms with Crippen molar-refractivity contribution >= 4 is 64.3 Å². The molecular weight excluding hydrogens is 1500 g/mol. The maximum atomic E-state index is 12.2. The highest BCUT2D eigenvalue weighted by molar-refractivity contribution is 6.06. The molecule has 30 nitrogen and oxygen atoms in total. The van der Waals surface area contributed by atoms with E-state index in [1.165, 1.54) is 56.5 Å². The minimum absolute atomic E-state index is 0.0477. The lowest BCUT2D eigenvalue weighted by Gasteiger charge is -2.34. The van der Waals surface area contributed by atoms with Gasteiger partial charge in [-0.05, 0) is 152 Å². The summed E-state index contributed by atoms with van der Waals surface area (Å²) in [5.41, 5.74) is 9.28. The zero-order valence-electron chi connectivity index (χ0n) is 67.8. The molecule has 3 amide bonds. The molecule has 0 aliphatic carbocycles. The van der Waals surface area contributed by atoms with Crippen LogP contribution >= 0.6 is 0 Å². The highest BCUT2D eigenvalue weighted by atomic mass is 16.5. The van der Waals surface area contributed by atoms with Crippen LogP contribution in [0.15, 0.2) is 146 Å². The molecule has 0 bridgehead atoms. The molecule has 15 rings (SSSR count). The van der Waals surface area contributed by atoms with Crippen molar-refractivity contribution in [2.75, 3.05) is 152 Å². The Kier molecular flexibility index (Phi) is 29.9. The fourth-order valence-corrected chi connectivity index (χ4v) is 14.5. The number of nitrogens with zero attached hydrogens (tertiary/aromatic N) is 16. The lowest BCUT2D eigenvalue weighted by Crippen LogP contribution is -2.44. The minimum atomic E-state index is -0.197. The predicted octanol–water partition coefficient (Wildman–Crippen LogP) is 8.19. The van der Waals surface area contributed by atoms with Crippen LogP contribution in [-0.2, 0) is 111 Å². The van der Waals surface area contributed by atoms with E-state index >= 15 is 0 Å². The number of carbonyl (C=O) groups excluding carboxylic acids is 6. The number of anilines is 5. The molecule has 3 N–H and O–H groups in total. The number of rotatable bonds is 33. The van der Waals surface area contributed by atoms with E-state index in [0.717, 1.165) is 137 Å². The first-order valence-corrected chi connectivity index (χ1v) is 40.6. The quantitative estimate of drug-likeness (QED) is 0.0326. The summed E-state index contributed by atoms with van der Waals surface area (Å²) >= 11 is 0. The minimum Gasteiger partial charge on any atom is -0.497 e. The number of hydrogen-bond acceptors (Lipinski definition) is 27. The molecule has 0 atom stereocenters. The van der Waals surface area contributed by atoms with E-state index in [-0.39, 0.29) is 93.6 Å². The number of aryl methyl sites for hydroxylation is 6. The summed E-state index contributed by atoms with van der Waals surface area (Å²) in [5.74, 6) is 7.13. The number of Topliss-reactive ketones (excluding diaryl/α,β-unsaturated/α-hetero) is 3. The number of aromatic nitrogens is 9. The van der Waals surface area contributed by atoms with Crippen molar-refractivity contribution in [1.82, 2.24) is 69.4 Å². The van der Waals surface area contributed by atoms with E-state index < -0.39 is 0 Å². The summed E-state index contributed by atoms with van der Waals surface area (Å²) in [4.78, 5) is 128. The Morgan fingerprint density at radius 2 is 0.720 bits per heavy atom. The van der Waals surface area contributed by atoms with Crippen LogP contribution in [0.1, 0.15) is 107 Å². The van der Waals surface area contributed by atoms with Gasteiger partial charge in [0, 0.05) is 109 Å². The largest absolute Gasteiger partial charge is 0.497 e. The van der Waals surface area contributed by atoms with Crippen LogP contribution in [0.3, 0.4) is 0 Å². The first-order valence-electron chi connectivity index (χ1n) is 40.6. The molecule has 30 heteroatoms. The number of methoxy groups -OCH3 is 3. The molecule has 0 spiro atoms.